The van der Waals surface area contributed by atoms with Gasteiger partial charge in [-0.1, -0.05) is 25.5 Å². The first-order chi connectivity index (χ1) is 8.61. The maximum Gasteiger partial charge on any atom is 0.224 e. The predicted molar refractivity (Wildman–Crippen MR) is 72.4 cm³/mol. The molecule has 1 aromatic carbocycles. The van der Waals surface area contributed by atoms with E-state index >= 15 is 0 Å². The Morgan fingerprint density at radius 3 is 2.39 bits per heavy atom. The van der Waals surface area contributed by atoms with Crippen molar-refractivity contribution in [3.8, 4) is 0 Å². The van der Waals surface area contributed by atoms with Gasteiger partial charge in [-0.05, 0) is 24.1 Å². The number of amides is 2. The van der Waals surface area contributed by atoms with Gasteiger partial charge in [-0.25, -0.2) is 0 Å². The molecule has 0 atom stereocenters. The number of unbranched alkanes of at least 4 members (excludes halogenated alkanes) is 1. The average molecular weight is 248 g/mol. The quantitative estimate of drug-likeness (QED) is 0.757. The van der Waals surface area contributed by atoms with Crippen LogP contribution in [0.1, 0.15) is 32.3 Å². The maximum atomic E-state index is 11.6. The zero-order chi connectivity index (χ0) is 13.4. The molecule has 2 N–H and O–H groups in total. The lowest BCUT2D eigenvalue weighted by Gasteiger charge is -2.06. The Kier molecular flexibility index (Phi) is 5.91. The fraction of sp³-hybridized carbons (Fsp3) is 0.429. The summed E-state index contributed by atoms with van der Waals surface area (Å²) in [5, 5.41) is 5.56. The number of anilines is 1. The number of benzene rings is 1. The summed E-state index contributed by atoms with van der Waals surface area (Å²) < 4.78 is 0. The summed E-state index contributed by atoms with van der Waals surface area (Å²) in [5.41, 5.74) is 1.69. The molecule has 1 rings (SSSR count). The second-order valence-corrected chi connectivity index (χ2v) is 4.26. The van der Waals surface area contributed by atoms with Gasteiger partial charge in [0.15, 0.2) is 0 Å². The van der Waals surface area contributed by atoms with E-state index in [4.69, 9.17) is 0 Å². The normalized spacial score (nSPS) is 9.89. The molecule has 0 aliphatic rings. The zero-order valence-corrected chi connectivity index (χ0v) is 11.0. The van der Waals surface area contributed by atoms with Gasteiger partial charge in [0.2, 0.25) is 11.8 Å². The molecule has 0 saturated carbocycles. The van der Waals surface area contributed by atoms with Crippen molar-refractivity contribution < 1.29 is 9.59 Å². The van der Waals surface area contributed by atoms with Gasteiger partial charge >= 0.3 is 0 Å². The van der Waals surface area contributed by atoms with E-state index in [-0.39, 0.29) is 11.8 Å². The molecule has 0 heterocycles. The Morgan fingerprint density at radius 1 is 1.17 bits per heavy atom. The van der Waals surface area contributed by atoms with Crippen LogP contribution in [0.3, 0.4) is 0 Å². The lowest BCUT2D eigenvalue weighted by molar-refractivity contribution is -0.120. The van der Waals surface area contributed by atoms with Crippen LogP contribution in [0.5, 0.6) is 0 Å². The summed E-state index contributed by atoms with van der Waals surface area (Å²) in [6.45, 7) is 4.29. The fourth-order valence-electron chi connectivity index (χ4n) is 1.56. The van der Waals surface area contributed by atoms with Gasteiger partial charge in [0.25, 0.3) is 0 Å². The number of hydrogen-bond donors (Lipinski definition) is 2. The highest BCUT2D eigenvalue weighted by Gasteiger charge is 2.03. The summed E-state index contributed by atoms with van der Waals surface area (Å²) >= 11 is 0. The first-order valence-corrected chi connectivity index (χ1v) is 6.25. The van der Waals surface area contributed by atoms with E-state index in [0.29, 0.717) is 6.42 Å². The van der Waals surface area contributed by atoms with Crippen molar-refractivity contribution in [3.05, 3.63) is 29.8 Å². The van der Waals surface area contributed by atoms with Crippen molar-refractivity contribution in [2.45, 2.75) is 33.1 Å². The van der Waals surface area contributed by atoms with Crippen molar-refractivity contribution in [2.75, 3.05) is 11.9 Å². The van der Waals surface area contributed by atoms with Gasteiger partial charge in [0, 0.05) is 19.2 Å². The number of carbonyl (C=O) groups excluding carboxylic acids is 2. The third-order valence-corrected chi connectivity index (χ3v) is 2.49. The van der Waals surface area contributed by atoms with Crippen molar-refractivity contribution in [3.63, 3.8) is 0 Å². The molecule has 18 heavy (non-hydrogen) atoms. The number of hydrogen-bond acceptors (Lipinski definition) is 2. The fourth-order valence-corrected chi connectivity index (χ4v) is 1.56. The third kappa shape index (κ3) is 5.48. The minimum atomic E-state index is -0.0972. The molecule has 2 amide bonds. The number of rotatable bonds is 6. The lowest BCUT2D eigenvalue weighted by atomic mass is 10.1. The van der Waals surface area contributed by atoms with Crippen LogP contribution in [0.25, 0.3) is 0 Å². The van der Waals surface area contributed by atoms with E-state index in [0.717, 1.165) is 30.6 Å². The summed E-state index contributed by atoms with van der Waals surface area (Å²) in [7, 11) is 0. The maximum absolute atomic E-state index is 11.6. The molecule has 4 heteroatoms. The molecular weight excluding hydrogens is 228 g/mol. The smallest absolute Gasteiger partial charge is 0.224 e. The van der Waals surface area contributed by atoms with Gasteiger partial charge in [-0.3, -0.25) is 9.59 Å². The van der Waals surface area contributed by atoms with Crippen molar-refractivity contribution in [2.24, 2.45) is 0 Å². The second kappa shape index (κ2) is 7.48. The Morgan fingerprint density at radius 2 is 1.83 bits per heavy atom. The predicted octanol–water partition coefficient (Wildman–Crippen LogP) is 2.10. The minimum Gasteiger partial charge on any atom is -0.356 e. The van der Waals surface area contributed by atoms with Gasteiger partial charge < -0.3 is 10.6 Å². The summed E-state index contributed by atoms with van der Waals surface area (Å²) in [6.07, 6.45) is 2.46. The molecule has 0 radical (unpaired) electrons. The van der Waals surface area contributed by atoms with Crippen LogP contribution in [0, 0.1) is 0 Å². The Hall–Kier alpha value is -1.84. The zero-order valence-electron chi connectivity index (χ0n) is 11.0. The van der Waals surface area contributed by atoms with Gasteiger partial charge in [-0.15, -0.1) is 0 Å². The van der Waals surface area contributed by atoms with Crippen LogP contribution in [0.15, 0.2) is 24.3 Å². The topological polar surface area (TPSA) is 58.2 Å². The molecule has 0 fully saturated rings. The molecule has 0 aliphatic carbocycles. The standard InChI is InChI=1S/C14H20N2O2/c1-3-4-9-15-14(18)10-12-5-7-13(8-6-12)16-11(2)17/h5-8H,3-4,9-10H2,1-2H3,(H,15,18)(H,16,17). The number of carbonyl (C=O) groups is 2. The molecule has 0 aromatic heterocycles. The second-order valence-electron chi connectivity index (χ2n) is 4.26. The molecular formula is C14H20N2O2. The largest absolute Gasteiger partial charge is 0.356 e. The minimum absolute atomic E-state index is 0.0377. The summed E-state index contributed by atoms with van der Waals surface area (Å²) in [6, 6.07) is 7.31. The first kappa shape index (κ1) is 14.2. The van der Waals surface area contributed by atoms with Crippen molar-refractivity contribution in [1.29, 1.82) is 0 Å². The number of nitrogens with one attached hydrogen (secondary N) is 2. The Balaban J connectivity index is 2.43. The SMILES string of the molecule is CCCCNC(=O)Cc1ccc(NC(C)=O)cc1. The van der Waals surface area contributed by atoms with Crippen LogP contribution in [0.2, 0.25) is 0 Å². The van der Waals surface area contributed by atoms with E-state index in [1.54, 1.807) is 12.1 Å². The molecule has 0 saturated heterocycles. The molecule has 0 aliphatic heterocycles. The molecule has 0 unspecified atom stereocenters. The summed E-state index contributed by atoms with van der Waals surface area (Å²) in [4.78, 5) is 22.4. The van der Waals surface area contributed by atoms with E-state index < -0.39 is 0 Å². The summed E-state index contributed by atoms with van der Waals surface area (Å²) in [5.74, 6) is -0.0595. The van der Waals surface area contributed by atoms with Crippen molar-refractivity contribution >= 4 is 17.5 Å². The highest BCUT2D eigenvalue weighted by molar-refractivity contribution is 5.88. The molecule has 0 bridgehead atoms. The first-order valence-electron chi connectivity index (χ1n) is 6.25. The van der Waals surface area contributed by atoms with Gasteiger partial charge in [-0.2, -0.15) is 0 Å². The van der Waals surface area contributed by atoms with Gasteiger partial charge in [0.1, 0.15) is 0 Å². The van der Waals surface area contributed by atoms with Crippen LogP contribution in [-0.4, -0.2) is 18.4 Å². The van der Waals surface area contributed by atoms with Gasteiger partial charge in [0.05, 0.1) is 6.42 Å². The Bertz CT molecular complexity index is 399. The van der Waals surface area contributed by atoms with Crippen LogP contribution < -0.4 is 10.6 Å². The molecule has 1 aromatic rings. The van der Waals surface area contributed by atoms with Crippen LogP contribution in [-0.2, 0) is 16.0 Å². The van der Waals surface area contributed by atoms with Crippen LogP contribution in [0.4, 0.5) is 5.69 Å². The van der Waals surface area contributed by atoms with E-state index in [9.17, 15) is 9.59 Å². The van der Waals surface area contributed by atoms with Crippen molar-refractivity contribution in [1.82, 2.24) is 5.32 Å². The monoisotopic (exact) mass is 248 g/mol. The molecule has 4 nitrogen and oxygen atoms in total. The van der Waals surface area contributed by atoms with Crippen LogP contribution >= 0.6 is 0 Å². The van der Waals surface area contributed by atoms with E-state index in [1.165, 1.54) is 6.92 Å². The van der Waals surface area contributed by atoms with E-state index in [1.807, 2.05) is 12.1 Å². The lowest BCUT2D eigenvalue weighted by Crippen LogP contribution is -2.25. The molecule has 98 valence electrons. The van der Waals surface area contributed by atoms with E-state index in [2.05, 4.69) is 17.6 Å². The highest BCUT2D eigenvalue weighted by atomic mass is 16.2. The Labute approximate surface area is 108 Å². The highest BCUT2D eigenvalue weighted by Crippen LogP contribution is 2.09. The average Bonchev–Trinajstić information content (AvgIpc) is 2.31. The third-order valence-electron chi connectivity index (χ3n) is 2.49. The molecule has 0 spiro atoms.